The van der Waals surface area contributed by atoms with Gasteiger partial charge in [-0.3, -0.25) is 4.79 Å². The molecule has 0 aliphatic carbocycles. The summed E-state index contributed by atoms with van der Waals surface area (Å²) in [7, 11) is -8.16. The van der Waals surface area contributed by atoms with E-state index in [9.17, 15) is 26.2 Å². The van der Waals surface area contributed by atoms with Gasteiger partial charge in [-0.05, 0) is 6.42 Å². The molecule has 0 spiro atoms. The number of aliphatic carboxylic acids is 1. The number of carboxylic acid groups (broad SMARTS) is 1. The predicted molar refractivity (Wildman–Crippen MR) is 71.3 cm³/mol. The van der Waals surface area contributed by atoms with Crippen molar-refractivity contribution in [3.05, 3.63) is 12.0 Å². The maximum absolute atomic E-state index is 11.1. The summed E-state index contributed by atoms with van der Waals surface area (Å²) in [4.78, 5) is 10.6. The van der Waals surface area contributed by atoms with Gasteiger partial charge in [0.05, 0.1) is 16.3 Å². The molecular formula is C9H15NaO7S3. The van der Waals surface area contributed by atoms with E-state index in [1.807, 2.05) is 0 Å². The molecule has 7 nitrogen and oxygen atoms in total. The van der Waals surface area contributed by atoms with Crippen molar-refractivity contribution in [3.63, 3.8) is 0 Å². The molecule has 0 aromatic heterocycles. The molecule has 20 heavy (non-hydrogen) atoms. The molecule has 0 rings (SSSR count). The third kappa shape index (κ3) is 9.37. The van der Waals surface area contributed by atoms with Gasteiger partial charge >= 0.3 is 35.5 Å². The van der Waals surface area contributed by atoms with Gasteiger partial charge in [0.15, 0.2) is 9.84 Å². The number of rotatable bonds is 9. The number of carboxylic acids is 1. The number of sulfone groups is 1. The second-order valence-corrected chi connectivity index (χ2v) is 9.03. The van der Waals surface area contributed by atoms with Crippen molar-refractivity contribution in [2.45, 2.75) is 17.9 Å². The SMILES string of the molecule is C=CS(=O)(=O)CCSC(CC(C)C(=O)O)S(=O)(=O)[O-].[Na+]. The van der Waals surface area contributed by atoms with Gasteiger partial charge < -0.3 is 9.66 Å². The van der Waals surface area contributed by atoms with Crippen LogP contribution in [0, 0.1) is 5.92 Å². The molecule has 0 aromatic carbocycles. The first-order chi connectivity index (χ1) is 8.49. The third-order valence-electron chi connectivity index (χ3n) is 2.22. The Kier molecular flexibility index (Phi) is 10.7. The van der Waals surface area contributed by atoms with E-state index < -0.39 is 36.4 Å². The van der Waals surface area contributed by atoms with E-state index in [-0.39, 0.29) is 47.5 Å². The van der Waals surface area contributed by atoms with E-state index in [0.29, 0.717) is 11.8 Å². The minimum Gasteiger partial charge on any atom is -0.747 e. The second-order valence-electron chi connectivity index (χ2n) is 3.80. The van der Waals surface area contributed by atoms with E-state index in [0.717, 1.165) is 5.41 Å². The van der Waals surface area contributed by atoms with Crippen LogP contribution in [0.4, 0.5) is 0 Å². The molecule has 0 saturated heterocycles. The molecule has 2 unspecified atom stereocenters. The fourth-order valence-corrected chi connectivity index (χ4v) is 4.69. The Balaban J connectivity index is 0. The van der Waals surface area contributed by atoms with Gasteiger partial charge in [0, 0.05) is 11.2 Å². The molecule has 0 saturated carbocycles. The molecule has 0 aliphatic heterocycles. The summed E-state index contributed by atoms with van der Waals surface area (Å²) in [5.41, 5.74) is 0. The first-order valence-electron chi connectivity index (χ1n) is 5.14. The van der Waals surface area contributed by atoms with Crippen LogP contribution in [0.1, 0.15) is 13.3 Å². The molecule has 0 fully saturated rings. The van der Waals surface area contributed by atoms with Crippen molar-refractivity contribution in [3.8, 4) is 0 Å². The van der Waals surface area contributed by atoms with Gasteiger partial charge in [0.25, 0.3) is 0 Å². The first-order valence-corrected chi connectivity index (χ1v) is 9.37. The predicted octanol–water partition coefficient (Wildman–Crippen LogP) is -2.74. The van der Waals surface area contributed by atoms with Crippen LogP contribution < -0.4 is 29.6 Å². The van der Waals surface area contributed by atoms with Crippen LogP contribution in [-0.2, 0) is 24.7 Å². The van der Waals surface area contributed by atoms with Crippen molar-refractivity contribution in [2.75, 3.05) is 11.5 Å². The summed E-state index contributed by atoms with van der Waals surface area (Å²) < 4.78 is 53.7. The average molecular weight is 354 g/mol. The summed E-state index contributed by atoms with van der Waals surface area (Å²) in [6.45, 7) is 4.37. The fraction of sp³-hybridized carbons (Fsp3) is 0.667. The summed E-state index contributed by atoms with van der Waals surface area (Å²) >= 11 is 0.626. The summed E-state index contributed by atoms with van der Waals surface area (Å²) in [5, 5.41) is 9.42. The van der Waals surface area contributed by atoms with Gasteiger partial charge in [0.2, 0.25) is 0 Å². The van der Waals surface area contributed by atoms with E-state index >= 15 is 0 Å². The van der Waals surface area contributed by atoms with Crippen LogP contribution >= 0.6 is 11.8 Å². The Bertz CT molecular complexity index is 526. The number of carbonyl (C=O) groups is 1. The third-order valence-corrected chi connectivity index (χ3v) is 6.71. The van der Waals surface area contributed by atoms with Gasteiger partial charge in [-0.25, -0.2) is 16.8 Å². The Labute approximate surface area is 145 Å². The van der Waals surface area contributed by atoms with E-state index in [4.69, 9.17) is 5.11 Å². The maximum Gasteiger partial charge on any atom is 1.00 e. The standard InChI is InChI=1S/C9H16O7S3.Na/c1-3-18(12,13)5-4-17-8(19(14,15)16)6-7(2)9(10)11;/h3,7-8H,1,4-6H2,2H3,(H,10,11)(H,14,15,16);/q;+1/p-1. The average Bonchev–Trinajstić information content (AvgIpc) is 2.25. The first kappa shape index (κ1) is 22.7. The van der Waals surface area contributed by atoms with Gasteiger partial charge in [-0.1, -0.05) is 13.5 Å². The number of thioether (sulfide) groups is 1. The fourth-order valence-electron chi connectivity index (χ4n) is 1.04. The largest absolute Gasteiger partial charge is 1.00 e. The topological polar surface area (TPSA) is 129 Å². The zero-order valence-corrected chi connectivity index (χ0v) is 15.6. The van der Waals surface area contributed by atoms with Crippen LogP contribution in [-0.4, -0.2) is 48.6 Å². The molecule has 0 amide bonds. The molecule has 2 atom stereocenters. The second kappa shape index (κ2) is 9.44. The zero-order chi connectivity index (χ0) is 15.3. The van der Waals surface area contributed by atoms with Crippen LogP contribution in [0.15, 0.2) is 12.0 Å². The van der Waals surface area contributed by atoms with E-state index in [1.165, 1.54) is 6.92 Å². The quantitative estimate of drug-likeness (QED) is 0.349. The summed E-state index contributed by atoms with van der Waals surface area (Å²) in [5.74, 6) is -2.69. The Morgan fingerprint density at radius 3 is 2.25 bits per heavy atom. The molecular weight excluding hydrogens is 339 g/mol. The van der Waals surface area contributed by atoms with Crippen LogP contribution in [0.3, 0.4) is 0 Å². The molecule has 0 radical (unpaired) electrons. The summed E-state index contributed by atoms with van der Waals surface area (Å²) in [6, 6.07) is 0. The minimum atomic E-state index is -4.69. The van der Waals surface area contributed by atoms with Crippen LogP contribution in [0.5, 0.6) is 0 Å². The smallest absolute Gasteiger partial charge is 0.747 e. The normalized spacial score (nSPS) is 14.9. The van der Waals surface area contributed by atoms with Crippen molar-refractivity contribution in [2.24, 2.45) is 5.92 Å². The molecule has 0 bridgehead atoms. The summed E-state index contributed by atoms with van der Waals surface area (Å²) in [6.07, 6.45) is -0.361. The van der Waals surface area contributed by atoms with Crippen molar-refractivity contribution in [1.82, 2.24) is 0 Å². The van der Waals surface area contributed by atoms with Crippen molar-refractivity contribution >= 4 is 37.7 Å². The molecule has 1 N–H and O–H groups in total. The molecule has 0 aromatic rings. The Morgan fingerprint density at radius 2 is 1.90 bits per heavy atom. The molecule has 11 heteroatoms. The molecule has 0 heterocycles. The van der Waals surface area contributed by atoms with E-state index in [1.54, 1.807) is 0 Å². The van der Waals surface area contributed by atoms with Gasteiger partial charge in [-0.15, -0.1) is 11.8 Å². The molecule has 112 valence electrons. The van der Waals surface area contributed by atoms with Crippen LogP contribution in [0.25, 0.3) is 0 Å². The minimum absolute atomic E-state index is 0. The number of hydrogen-bond acceptors (Lipinski definition) is 7. The van der Waals surface area contributed by atoms with Gasteiger partial charge in [-0.2, -0.15) is 0 Å². The van der Waals surface area contributed by atoms with Crippen LogP contribution in [0.2, 0.25) is 0 Å². The monoisotopic (exact) mass is 354 g/mol. The molecule has 0 aliphatic rings. The maximum atomic E-state index is 11.1. The van der Waals surface area contributed by atoms with Crippen molar-refractivity contribution < 1.29 is 60.8 Å². The van der Waals surface area contributed by atoms with E-state index in [2.05, 4.69) is 6.58 Å². The number of hydrogen-bond donors (Lipinski definition) is 1. The van der Waals surface area contributed by atoms with Gasteiger partial charge in [0.1, 0.15) is 10.1 Å². The Hall–Kier alpha value is 0.420. The zero-order valence-electron chi connectivity index (χ0n) is 11.2. The Morgan fingerprint density at radius 1 is 1.40 bits per heavy atom. The van der Waals surface area contributed by atoms with Crippen molar-refractivity contribution in [1.29, 1.82) is 0 Å².